The molecule has 0 aliphatic heterocycles. The van der Waals surface area contributed by atoms with Crippen molar-refractivity contribution in [3.63, 3.8) is 0 Å². The maximum absolute atomic E-state index is 12.2. The average molecular weight is 878 g/mol. The molecular formula is C57H112O5. The molecule has 1 unspecified atom stereocenters. The van der Waals surface area contributed by atoms with Crippen LogP contribution in [0.5, 0.6) is 0 Å². The van der Waals surface area contributed by atoms with E-state index in [1.54, 1.807) is 0 Å². The Labute approximate surface area is 389 Å². The summed E-state index contributed by atoms with van der Waals surface area (Å²) in [6.45, 7) is 4.17. The minimum atomic E-state index is -0.762. The first-order valence-electron chi connectivity index (χ1n) is 28.6. The summed E-state index contributed by atoms with van der Waals surface area (Å²) in [6.07, 6.45) is 65.5. The third-order valence-electron chi connectivity index (χ3n) is 13.4. The second kappa shape index (κ2) is 54.2. The van der Waals surface area contributed by atoms with E-state index in [1.165, 1.54) is 270 Å². The molecule has 1 atom stereocenters. The number of carbonyl (C=O) groups is 2. The Hall–Kier alpha value is -1.10. The summed E-state index contributed by atoms with van der Waals surface area (Å²) in [5, 5.41) is 9.59. The van der Waals surface area contributed by atoms with Crippen LogP contribution >= 0.6 is 0 Å². The van der Waals surface area contributed by atoms with Crippen molar-refractivity contribution in [3.8, 4) is 0 Å². The molecule has 0 heterocycles. The molecule has 0 spiro atoms. The molecule has 0 aromatic carbocycles. The molecule has 0 aliphatic carbocycles. The number of carbonyl (C=O) groups excluding carboxylic acids is 2. The number of esters is 2. The van der Waals surface area contributed by atoms with Gasteiger partial charge in [-0.1, -0.05) is 309 Å². The first-order chi connectivity index (χ1) is 30.6. The highest BCUT2D eigenvalue weighted by atomic mass is 16.6. The quantitative estimate of drug-likeness (QED) is 0.0487. The van der Waals surface area contributed by atoms with Crippen molar-refractivity contribution in [2.24, 2.45) is 0 Å². The predicted molar refractivity (Wildman–Crippen MR) is 270 cm³/mol. The highest BCUT2D eigenvalue weighted by molar-refractivity contribution is 5.70. The molecule has 1 N–H and O–H groups in total. The maximum atomic E-state index is 12.2. The molecule has 0 aromatic rings. The van der Waals surface area contributed by atoms with Crippen molar-refractivity contribution >= 4 is 11.9 Å². The molecule has 0 amide bonds. The molecule has 0 saturated carbocycles. The fourth-order valence-electron chi connectivity index (χ4n) is 9.09. The van der Waals surface area contributed by atoms with E-state index in [0.717, 1.165) is 38.5 Å². The van der Waals surface area contributed by atoms with E-state index in [0.29, 0.717) is 12.8 Å². The summed E-state index contributed by atoms with van der Waals surface area (Å²) in [5.41, 5.74) is 0. The van der Waals surface area contributed by atoms with Gasteiger partial charge in [0.1, 0.15) is 6.61 Å². The zero-order valence-corrected chi connectivity index (χ0v) is 42.4. The predicted octanol–water partition coefficient (Wildman–Crippen LogP) is 19.0. The minimum Gasteiger partial charge on any atom is -0.462 e. The Bertz CT molecular complexity index is 860. The van der Waals surface area contributed by atoms with Gasteiger partial charge in [0.2, 0.25) is 0 Å². The lowest BCUT2D eigenvalue weighted by atomic mass is 10.0. The molecule has 0 rings (SSSR count). The van der Waals surface area contributed by atoms with E-state index in [-0.39, 0.29) is 25.2 Å². The topological polar surface area (TPSA) is 72.8 Å². The second-order valence-electron chi connectivity index (χ2n) is 19.7. The zero-order chi connectivity index (χ0) is 44.9. The van der Waals surface area contributed by atoms with Crippen molar-refractivity contribution in [1.29, 1.82) is 0 Å². The SMILES string of the molecule is CCCCCCCCCCCCCCCCCCCCCCCCCCCCCCCCCCCCCCCCC(=O)OC(CO)COC(=O)CCCCCCCCCCCC. The van der Waals surface area contributed by atoms with Crippen LogP contribution in [0.15, 0.2) is 0 Å². The fraction of sp³-hybridized carbons (Fsp3) is 0.965. The minimum absolute atomic E-state index is 0.0570. The van der Waals surface area contributed by atoms with Crippen LogP contribution in [0.3, 0.4) is 0 Å². The Balaban J connectivity index is 3.29. The average Bonchev–Trinajstić information content (AvgIpc) is 3.28. The van der Waals surface area contributed by atoms with E-state index in [1.807, 2.05) is 0 Å². The zero-order valence-electron chi connectivity index (χ0n) is 42.4. The highest BCUT2D eigenvalue weighted by Gasteiger charge is 2.16. The van der Waals surface area contributed by atoms with Crippen molar-refractivity contribution in [1.82, 2.24) is 0 Å². The van der Waals surface area contributed by atoms with Gasteiger partial charge in [-0.15, -0.1) is 0 Å². The number of unbranched alkanes of at least 4 members (excludes halogenated alkanes) is 46. The summed E-state index contributed by atoms with van der Waals surface area (Å²) in [5.74, 6) is -0.572. The molecule has 0 aromatic heterocycles. The van der Waals surface area contributed by atoms with Crippen molar-refractivity contribution in [2.75, 3.05) is 13.2 Å². The van der Waals surface area contributed by atoms with Gasteiger partial charge in [-0.25, -0.2) is 0 Å². The third-order valence-corrected chi connectivity index (χ3v) is 13.4. The molecule has 5 heteroatoms. The summed E-state index contributed by atoms with van der Waals surface area (Å²) in [4.78, 5) is 24.3. The molecule has 0 bridgehead atoms. The van der Waals surface area contributed by atoms with Gasteiger partial charge in [-0.3, -0.25) is 9.59 Å². The van der Waals surface area contributed by atoms with Gasteiger partial charge < -0.3 is 14.6 Å². The van der Waals surface area contributed by atoms with Crippen LogP contribution in [-0.2, 0) is 19.1 Å². The molecule has 5 nitrogen and oxygen atoms in total. The van der Waals surface area contributed by atoms with Crippen LogP contribution < -0.4 is 0 Å². The van der Waals surface area contributed by atoms with Gasteiger partial charge in [0.15, 0.2) is 6.10 Å². The standard InChI is InChI=1S/C57H112O5/c1-3-5-7-9-11-13-15-16-17-18-19-20-21-22-23-24-25-26-27-28-29-30-31-32-33-34-35-36-37-38-39-40-41-42-44-46-48-50-52-57(60)62-55(53-58)54-61-56(59)51-49-47-45-43-14-12-10-8-6-4-2/h55,58H,3-54H2,1-2H3. The Morgan fingerprint density at radius 2 is 0.500 bits per heavy atom. The number of aliphatic hydroxyl groups excluding tert-OH is 1. The molecule has 0 fully saturated rings. The number of aliphatic hydroxyl groups is 1. The molecule has 0 saturated heterocycles. The van der Waals surface area contributed by atoms with Gasteiger partial charge in [0.05, 0.1) is 6.61 Å². The monoisotopic (exact) mass is 877 g/mol. The fourth-order valence-corrected chi connectivity index (χ4v) is 9.09. The van der Waals surface area contributed by atoms with Gasteiger partial charge in [0.25, 0.3) is 0 Å². The smallest absolute Gasteiger partial charge is 0.306 e. The van der Waals surface area contributed by atoms with Crippen LogP contribution in [0.1, 0.15) is 335 Å². The molecule has 62 heavy (non-hydrogen) atoms. The molecule has 0 radical (unpaired) electrons. The van der Waals surface area contributed by atoms with E-state index in [4.69, 9.17) is 9.47 Å². The largest absolute Gasteiger partial charge is 0.462 e. The lowest BCUT2D eigenvalue weighted by Gasteiger charge is -2.15. The van der Waals surface area contributed by atoms with Crippen molar-refractivity contribution in [3.05, 3.63) is 0 Å². The Kier molecular flexibility index (Phi) is 53.3. The van der Waals surface area contributed by atoms with Gasteiger partial charge in [-0.05, 0) is 12.8 Å². The van der Waals surface area contributed by atoms with E-state index in [9.17, 15) is 14.7 Å². The Morgan fingerprint density at radius 1 is 0.306 bits per heavy atom. The van der Waals surface area contributed by atoms with Crippen LogP contribution in [-0.4, -0.2) is 36.4 Å². The summed E-state index contributed by atoms with van der Waals surface area (Å²) in [6, 6.07) is 0. The van der Waals surface area contributed by atoms with Crippen LogP contribution in [0.25, 0.3) is 0 Å². The molecule has 0 aliphatic rings. The maximum Gasteiger partial charge on any atom is 0.306 e. The van der Waals surface area contributed by atoms with Crippen molar-refractivity contribution in [2.45, 2.75) is 341 Å². The molecule has 370 valence electrons. The van der Waals surface area contributed by atoms with Gasteiger partial charge in [0, 0.05) is 12.8 Å². The van der Waals surface area contributed by atoms with Gasteiger partial charge >= 0.3 is 11.9 Å². The van der Waals surface area contributed by atoms with Gasteiger partial charge in [-0.2, -0.15) is 0 Å². The first kappa shape index (κ1) is 60.9. The van der Waals surface area contributed by atoms with Crippen LogP contribution in [0, 0.1) is 0 Å². The normalized spacial score (nSPS) is 12.0. The van der Waals surface area contributed by atoms with Crippen molar-refractivity contribution < 1.29 is 24.2 Å². The van der Waals surface area contributed by atoms with E-state index in [2.05, 4.69) is 13.8 Å². The summed E-state index contributed by atoms with van der Waals surface area (Å²) < 4.78 is 10.6. The first-order valence-corrected chi connectivity index (χ1v) is 28.6. The third kappa shape index (κ3) is 51.5. The number of ether oxygens (including phenoxy) is 2. The number of hydrogen-bond acceptors (Lipinski definition) is 5. The molecular weight excluding hydrogens is 765 g/mol. The van der Waals surface area contributed by atoms with Crippen LogP contribution in [0.2, 0.25) is 0 Å². The number of hydrogen-bond donors (Lipinski definition) is 1. The number of rotatable bonds is 54. The lowest BCUT2D eigenvalue weighted by Crippen LogP contribution is -2.28. The second-order valence-corrected chi connectivity index (χ2v) is 19.7. The van der Waals surface area contributed by atoms with E-state index >= 15 is 0 Å². The summed E-state index contributed by atoms with van der Waals surface area (Å²) in [7, 11) is 0. The van der Waals surface area contributed by atoms with Crippen LogP contribution in [0.4, 0.5) is 0 Å². The van der Waals surface area contributed by atoms with E-state index < -0.39 is 6.10 Å². The summed E-state index contributed by atoms with van der Waals surface area (Å²) >= 11 is 0. The Morgan fingerprint density at radius 3 is 0.710 bits per heavy atom. The lowest BCUT2D eigenvalue weighted by molar-refractivity contribution is -0.161. The highest BCUT2D eigenvalue weighted by Crippen LogP contribution is 2.18.